The maximum atomic E-state index is 4.27. The van der Waals surface area contributed by atoms with Crippen molar-refractivity contribution < 1.29 is 0 Å². The third kappa shape index (κ3) is 2.08. The van der Waals surface area contributed by atoms with Crippen molar-refractivity contribution in [1.29, 1.82) is 0 Å². The van der Waals surface area contributed by atoms with E-state index < -0.39 is 0 Å². The summed E-state index contributed by atoms with van der Waals surface area (Å²) in [6.07, 6.45) is 5.98. The van der Waals surface area contributed by atoms with Gasteiger partial charge in [-0.25, -0.2) is 4.98 Å². The summed E-state index contributed by atoms with van der Waals surface area (Å²) in [5, 5.41) is 3.26. The first-order valence-electron chi connectivity index (χ1n) is 4.41. The van der Waals surface area contributed by atoms with Crippen molar-refractivity contribution in [3.05, 3.63) is 18.2 Å². The molecule has 0 spiro atoms. The second kappa shape index (κ2) is 4.26. The zero-order valence-electron chi connectivity index (χ0n) is 8.04. The molecule has 1 N–H and O–H groups in total. The minimum atomic E-state index is 0.547. The molecule has 3 nitrogen and oxygen atoms in total. The lowest BCUT2D eigenvalue weighted by molar-refractivity contribution is 0.522. The second-order valence-corrected chi connectivity index (χ2v) is 3.05. The van der Waals surface area contributed by atoms with Gasteiger partial charge in [-0.15, -0.1) is 0 Å². The topological polar surface area (TPSA) is 29.9 Å². The molecule has 0 amide bonds. The molecule has 1 rings (SSSR count). The highest BCUT2D eigenvalue weighted by atomic mass is 15.0. The van der Waals surface area contributed by atoms with E-state index >= 15 is 0 Å². The minimum absolute atomic E-state index is 0.547. The molecule has 1 aromatic heterocycles. The van der Waals surface area contributed by atoms with E-state index in [9.17, 15) is 0 Å². The summed E-state index contributed by atoms with van der Waals surface area (Å²) in [7, 11) is 4.03. The minimum Gasteiger partial charge on any atom is -0.338 e. The van der Waals surface area contributed by atoms with Crippen LogP contribution in [0.3, 0.4) is 0 Å². The average molecular weight is 167 g/mol. The van der Waals surface area contributed by atoms with Crippen molar-refractivity contribution in [1.82, 2.24) is 14.9 Å². The Morgan fingerprint density at radius 2 is 2.42 bits per heavy atom. The molecule has 0 saturated carbocycles. The van der Waals surface area contributed by atoms with Crippen LogP contribution in [0, 0.1) is 0 Å². The first kappa shape index (κ1) is 9.26. The Labute approximate surface area is 73.8 Å². The fourth-order valence-corrected chi connectivity index (χ4v) is 1.26. The Morgan fingerprint density at radius 1 is 1.67 bits per heavy atom. The normalized spacial score (nSPS) is 13.2. The van der Waals surface area contributed by atoms with Gasteiger partial charge in [-0.1, -0.05) is 6.92 Å². The molecule has 68 valence electrons. The van der Waals surface area contributed by atoms with E-state index in [2.05, 4.69) is 21.8 Å². The van der Waals surface area contributed by atoms with Crippen LogP contribution in [0.15, 0.2) is 12.4 Å². The van der Waals surface area contributed by atoms with Crippen LogP contribution in [0.5, 0.6) is 0 Å². The Hall–Kier alpha value is -0.830. The number of likely N-dealkylation sites (N-methyl/N-ethyl adjacent to an activating group) is 1. The van der Waals surface area contributed by atoms with Crippen LogP contribution in [0.25, 0.3) is 0 Å². The highest BCUT2D eigenvalue weighted by Gasteiger charge is 2.06. The van der Waals surface area contributed by atoms with Gasteiger partial charge in [0.25, 0.3) is 0 Å². The number of rotatable bonds is 4. The SMILES string of the molecule is CCC(Cc1nccn1C)NC. The lowest BCUT2D eigenvalue weighted by Crippen LogP contribution is -2.27. The largest absolute Gasteiger partial charge is 0.338 e. The Morgan fingerprint density at radius 3 is 2.83 bits per heavy atom. The summed E-state index contributed by atoms with van der Waals surface area (Å²) in [5.41, 5.74) is 0. The van der Waals surface area contributed by atoms with E-state index in [4.69, 9.17) is 0 Å². The standard InChI is InChI=1S/C9H17N3/c1-4-8(10-2)7-9-11-5-6-12(9)3/h5-6,8,10H,4,7H2,1-3H3. The molecule has 0 aliphatic heterocycles. The molecule has 12 heavy (non-hydrogen) atoms. The number of aromatic nitrogens is 2. The zero-order chi connectivity index (χ0) is 8.97. The lowest BCUT2D eigenvalue weighted by atomic mass is 10.1. The summed E-state index contributed by atoms with van der Waals surface area (Å²) < 4.78 is 2.07. The van der Waals surface area contributed by atoms with Crippen molar-refractivity contribution in [2.24, 2.45) is 7.05 Å². The van der Waals surface area contributed by atoms with Crippen LogP contribution in [0.2, 0.25) is 0 Å². The summed E-state index contributed by atoms with van der Waals surface area (Å²) >= 11 is 0. The molecule has 3 heteroatoms. The van der Waals surface area contributed by atoms with E-state index in [1.807, 2.05) is 26.5 Å². The smallest absolute Gasteiger partial charge is 0.109 e. The number of hydrogen-bond acceptors (Lipinski definition) is 2. The zero-order valence-corrected chi connectivity index (χ0v) is 8.04. The molecule has 0 radical (unpaired) electrons. The van der Waals surface area contributed by atoms with Gasteiger partial charge in [0, 0.05) is 31.9 Å². The second-order valence-electron chi connectivity index (χ2n) is 3.05. The average Bonchev–Trinajstić information content (AvgIpc) is 2.47. The predicted molar refractivity (Wildman–Crippen MR) is 50.1 cm³/mol. The molecule has 1 unspecified atom stereocenters. The number of nitrogens with one attached hydrogen (secondary N) is 1. The van der Waals surface area contributed by atoms with Crippen molar-refractivity contribution in [2.75, 3.05) is 7.05 Å². The number of nitrogens with zero attached hydrogens (tertiary/aromatic N) is 2. The Kier molecular flexibility index (Phi) is 3.29. The quantitative estimate of drug-likeness (QED) is 0.724. The third-order valence-corrected chi connectivity index (χ3v) is 2.25. The fraction of sp³-hybridized carbons (Fsp3) is 0.667. The predicted octanol–water partition coefficient (Wildman–Crippen LogP) is 0.961. The first-order chi connectivity index (χ1) is 5.77. The fourth-order valence-electron chi connectivity index (χ4n) is 1.26. The van der Waals surface area contributed by atoms with Crippen molar-refractivity contribution in [3.8, 4) is 0 Å². The molecule has 0 aliphatic carbocycles. The maximum Gasteiger partial charge on any atom is 0.109 e. The van der Waals surface area contributed by atoms with Gasteiger partial charge in [-0.05, 0) is 13.5 Å². The Balaban J connectivity index is 2.56. The lowest BCUT2D eigenvalue weighted by Gasteiger charge is -2.12. The first-order valence-corrected chi connectivity index (χ1v) is 4.41. The van der Waals surface area contributed by atoms with Gasteiger partial charge < -0.3 is 9.88 Å². The van der Waals surface area contributed by atoms with E-state index in [1.54, 1.807) is 0 Å². The van der Waals surface area contributed by atoms with E-state index in [0.717, 1.165) is 18.7 Å². The monoisotopic (exact) mass is 167 g/mol. The van der Waals surface area contributed by atoms with Crippen molar-refractivity contribution >= 4 is 0 Å². The molecule has 0 aliphatic rings. The molecule has 0 bridgehead atoms. The van der Waals surface area contributed by atoms with E-state index in [-0.39, 0.29) is 0 Å². The third-order valence-electron chi connectivity index (χ3n) is 2.25. The Bertz CT molecular complexity index is 225. The number of hydrogen-bond donors (Lipinski definition) is 1. The van der Waals surface area contributed by atoms with Gasteiger partial charge in [0.1, 0.15) is 5.82 Å². The van der Waals surface area contributed by atoms with E-state index in [0.29, 0.717) is 6.04 Å². The highest BCUT2D eigenvalue weighted by Crippen LogP contribution is 2.01. The van der Waals surface area contributed by atoms with Gasteiger partial charge >= 0.3 is 0 Å². The van der Waals surface area contributed by atoms with Crippen LogP contribution >= 0.6 is 0 Å². The summed E-state index contributed by atoms with van der Waals surface area (Å²) in [5.74, 6) is 1.15. The van der Waals surface area contributed by atoms with Gasteiger partial charge in [0.2, 0.25) is 0 Å². The summed E-state index contributed by atoms with van der Waals surface area (Å²) in [6, 6.07) is 0.547. The molecule has 1 aromatic rings. The van der Waals surface area contributed by atoms with Crippen LogP contribution in [0.4, 0.5) is 0 Å². The van der Waals surface area contributed by atoms with Gasteiger partial charge in [0.15, 0.2) is 0 Å². The van der Waals surface area contributed by atoms with Gasteiger partial charge in [0.05, 0.1) is 0 Å². The molecular weight excluding hydrogens is 150 g/mol. The van der Waals surface area contributed by atoms with Crippen LogP contribution in [0.1, 0.15) is 19.2 Å². The van der Waals surface area contributed by atoms with Crippen LogP contribution in [-0.4, -0.2) is 22.6 Å². The molecular formula is C9H17N3. The molecule has 1 heterocycles. The summed E-state index contributed by atoms with van der Waals surface area (Å²) in [6.45, 7) is 2.18. The molecule has 0 saturated heterocycles. The number of imidazole rings is 1. The van der Waals surface area contributed by atoms with Crippen molar-refractivity contribution in [3.63, 3.8) is 0 Å². The van der Waals surface area contributed by atoms with Gasteiger partial charge in [-0.3, -0.25) is 0 Å². The van der Waals surface area contributed by atoms with Crippen molar-refractivity contribution in [2.45, 2.75) is 25.8 Å². The molecule has 0 aromatic carbocycles. The summed E-state index contributed by atoms with van der Waals surface area (Å²) in [4.78, 5) is 4.27. The number of aryl methyl sites for hydroxylation is 1. The van der Waals surface area contributed by atoms with E-state index in [1.165, 1.54) is 0 Å². The highest BCUT2D eigenvalue weighted by molar-refractivity contribution is 4.93. The molecule has 0 fully saturated rings. The molecule has 1 atom stereocenters. The van der Waals surface area contributed by atoms with Gasteiger partial charge in [-0.2, -0.15) is 0 Å². The maximum absolute atomic E-state index is 4.27. The van der Waals surface area contributed by atoms with Crippen LogP contribution < -0.4 is 5.32 Å². The van der Waals surface area contributed by atoms with Crippen LogP contribution in [-0.2, 0) is 13.5 Å².